The minimum atomic E-state index is -0.939. The van der Waals surface area contributed by atoms with Crippen molar-refractivity contribution >= 4 is 58.6 Å². The number of amides is 2. The fraction of sp³-hybridized carbons (Fsp3) is 0.778. The molecular weight excluding hydrogens is 511 g/mol. The van der Waals surface area contributed by atoms with E-state index in [4.69, 9.17) is 37.8 Å². The predicted molar refractivity (Wildman–Crippen MR) is 121 cm³/mol. The van der Waals surface area contributed by atoms with Crippen molar-refractivity contribution in [2.75, 3.05) is 39.7 Å². The van der Waals surface area contributed by atoms with E-state index in [2.05, 4.69) is 25.8 Å². The molecule has 0 atom stereocenters. The molecule has 0 bridgehead atoms. The Labute approximate surface area is 208 Å². The van der Waals surface area contributed by atoms with Crippen LogP contribution in [0.3, 0.4) is 0 Å². The summed E-state index contributed by atoms with van der Waals surface area (Å²) in [5.74, 6) is 0. The van der Waals surface area contributed by atoms with Gasteiger partial charge in [-0.3, -0.25) is 9.80 Å². The van der Waals surface area contributed by atoms with E-state index in [0.29, 0.717) is 0 Å². The predicted octanol–water partition coefficient (Wildman–Crippen LogP) is 4.52. The molecule has 196 valence electrons. The lowest BCUT2D eigenvalue weighted by molar-refractivity contribution is -0.00307. The first-order chi connectivity index (χ1) is 14.9. The third kappa shape index (κ3) is 28.1. The van der Waals surface area contributed by atoms with E-state index < -0.39 is 35.0 Å². The van der Waals surface area contributed by atoms with Gasteiger partial charge in [0.25, 0.3) is 0 Å². The Morgan fingerprint density at radius 3 is 1.42 bits per heavy atom. The molecule has 0 fully saturated rings. The van der Waals surface area contributed by atoms with E-state index in [1.54, 1.807) is 41.5 Å². The van der Waals surface area contributed by atoms with E-state index >= 15 is 0 Å². The van der Waals surface area contributed by atoms with Gasteiger partial charge in [0.05, 0.1) is 0 Å². The van der Waals surface area contributed by atoms with E-state index in [9.17, 15) is 19.2 Å². The minimum Gasteiger partial charge on any atom is -0.444 e. The average molecular weight is 544 g/mol. The highest BCUT2D eigenvalue weighted by atomic mass is 35.5. The van der Waals surface area contributed by atoms with Gasteiger partial charge in [-0.25, -0.2) is 19.2 Å². The average Bonchev–Trinajstić information content (AvgIpc) is 2.63. The van der Waals surface area contributed by atoms with E-state index in [0.717, 1.165) is 9.80 Å². The number of halogens is 3. The number of hydrogen-bond acceptors (Lipinski definition) is 10. The second kappa shape index (κ2) is 18.5. The van der Waals surface area contributed by atoms with Crippen LogP contribution >= 0.6 is 34.8 Å². The standard InChI is InChI=1S/C9H16ClNO5.C7H15NO3.C2H2Cl2O2/c1-9(2,3)16-7(12)11(4)6-15-8(13)14-5-10;1-7(2,3)11-6(10)8(4)5-9;3-1-6-2(4)5/h5-6H2,1-4H3;9H,5H2,1-4H3;1H2. The fourth-order valence-corrected chi connectivity index (χ4v) is 1.37. The quantitative estimate of drug-likeness (QED) is 0.173. The zero-order chi connectivity index (χ0) is 26.8. The molecule has 0 unspecified atom stereocenters. The van der Waals surface area contributed by atoms with Crippen LogP contribution in [0, 0.1) is 0 Å². The molecule has 0 rings (SSSR count). The molecule has 0 aliphatic rings. The Bertz CT molecular complexity index is 595. The number of alkyl halides is 2. The van der Waals surface area contributed by atoms with Crippen LogP contribution in [0.4, 0.5) is 19.2 Å². The van der Waals surface area contributed by atoms with Gasteiger partial charge in [0, 0.05) is 25.7 Å². The van der Waals surface area contributed by atoms with Crippen molar-refractivity contribution in [1.29, 1.82) is 0 Å². The SMILES string of the molecule is CN(CO)C(=O)OC(C)(C)C.CN(COC(=O)OCCl)C(=O)OC(C)(C)C.O=C(Cl)OCCl. The molecule has 2 amide bonds. The second-order valence-corrected chi connectivity index (χ2v) is 8.51. The van der Waals surface area contributed by atoms with Crippen LogP contribution in [0.5, 0.6) is 0 Å². The van der Waals surface area contributed by atoms with Crippen molar-refractivity contribution in [1.82, 2.24) is 9.80 Å². The Morgan fingerprint density at radius 1 is 0.758 bits per heavy atom. The van der Waals surface area contributed by atoms with E-state index in [-0.39, 0.29) is 25.6 Å². The van der Waals surface area contributed by atoms with Crippen molar-refractivity contribution in [3.8, 4) is 0 Å². The molecule has 0 aliphatic heterocycles. The summed E-state index contributed by atoms with van der Waals surface area (Å²) >= 11 is 14.6. The number of ether oxygens (including phenoxy) is 5. The summed E-state index contributed by atoms with van der Waals surface area (Å²) in [4.78, 5) is 44.7. The molecule has 0 aromatic rings. The summed E-state index contributed by atoms with van der Waals surface area (Å²) in [5, 5.41) is 8.53. The van der Waals surface area contributed by atoms with Crippen LogP contribution in [0.15, 0.2) is 0 Å². The Morgan fingerprint density at radius 2 is 1.15 bits per heavy atom. The summed E-state index contributed by atoms with van der Waals surface area (Å²) in [6.45, 7) is 9.95. The molecule has 15 heteroatoms. The van der Waals surface area contributed by atoms with Crippen molar-refractivity contribution in [2.45, 2.75) is 52.7 Å². The normalized spacial score (nSPS) is 10.2. The summed E-state index contributed by atoms with van der Waals surface area (Å²) in [5.41, 5.74) is -1.97. The molecule has 1 N–H and O–H groups in total. The van der Waals surface area contributed by atoms with Crippen molar-refractivity contribution in [2.24, 2.45) is 0 Å². The van der Waals surface area contributed by atoms with Crippen LogP contribution in [-0.4, -0.2) is 89.6 Å². The molecule has 0 aromatic heterocycles. The highest BCUT2D eigenvalue weighted by Crippen LogP contribution is 2.09. The molecule has 0 radical (unpaired) electrons. The van der Waals surface area contributed by atoms with Crippen molar-refractivity contribution in [3.05, 3.63) is 0 Å². The Kier molecular flexibility index (Phi) is 20.0. The zero-order valence-electron chi connectivity index (χ0n) is 20.0. The molecule has 0 saturated carbocycles. The monoisotopic (exact) mass is 542 g/mol. The maximum Gasteiger partial charge on any atom is 0.511 e. The van der Waals surface area contributed by atoms with Crippen LogP contribution < -0.4 is 0 Å². The third-order valence-corrected chi connectivity index (χ3v) is 2.67. The first-order valence-corrected chi connectivity index (χ1v) is 10.6. The van der Waals surface area contributed by atoms with Gasteiger partial charge >= 0.3 is 23.8 Å². The van der Waals surface area contributed by atoms with Crippen LogP contribution in [-0.2, 0) is 23.7 Å². The zero-order valence-corrected chi connectivity index (χ0v) is 22.2. The lowest BCUT2D eigenvalue weighted by Gasteiger charge is -2.24. The molecule has 12 nitrogen and oxygen atoms in total. The van der Waals surface area contributed by atoms with E-state index in [1.165, 1.54) is 14.1 Å². The van der Waals surface area contributed by atoms with Crippen LogP contribution in [0.25, 0.3) is 0 Å². The van der Waals surface area contributed by atoms with Gasteiger partial charge in [-0.05, 0) is 41.5 Å². The number of rotatable bonds is 5. The first kappa shape index (κ1) is 35.7. The van der Waals surface area contributed by atoms with Crippen LogP contribution in [0.1, 0.15) is 41.5 Å². The minimum absolute atomic E-state index is 0.178. The summed E-state index contributed by atoms with van der Waals surface area (Å²) < 4.78 is 22.7. The summed E-state index contributed by atoms with van der Waals surface area (Å²) in [7, 11) is 2.90. The Balaban J connectivity index is -0.000000457. The smallest absolute Gasteiger partial charge is 0.444 e. The largest absolute Gasteiger partial charge is 0.511 e. The Hall–Kier alpha value is -1.89. The van der Waals surface area contributed by atoms with Gasteiger partial charge in [-0.2, -0.15) is 0 Å². The molecule has 33 heavy (non-hydrogen) atoms. The molecule has 0 spiro atoms. The van der Waals surface area contributed by atoms with Gasteiger partial charge in [-0.1, -0.05) is 23.2 Å². The number of nitrogens with zero attached hydrogens (tertiary/aromatic N) is 2. The van der Waals surface area contributed by atoms with Gasteiger partial charge < -0.3 is 28.8 Å². The van der Waals surface area contributed by atoms with E-state index in [1.807, 2.05) is 0 Å². The summed E-state index contributed by atoms with van der Waals surface area (Å²) in [6.07, 6.45) is -2.04. The van der Waals surface area contributed by atoms with Gasteiger partial charge in [0.1, 0.15) is 17.9 Å². The molecule has 0 aliphatic carbocycles. The number of aliphatic hydroxyl groups is 1. The maximum absolute atomic E-state index is 11.4. The molecule has 0 aromatic carbocycles. The maximum atomic E-state index is 11.4. The molecule has 0 heterocycles. The van der Waals surface area contributed by atoms with Gasteiger partial charge in [-0.15, -0.1) is 0 Å². The second-order valence-electron chi connectivity index (χ2n) is 7.77. The topological polar surface area (TPSA) is 141 Å². The molecular formula is C18H33Cl3N2O10. The molecule has 0 saturated heterocycles. The summed E-state index contributed by atoms with van der Waals surface area (Å²) in [6, 6.07) is -0.475. The number of aliphatic hydroxyl groups excluding tert-OH is 1. The van der Waals surface area contributed by atoms with Crippen LogP contribution in [0.2, 0.25) is 0 Å². The highest BCUT2D eigenvalue weighted by molar-refractivity contribution is 6.61. The fourth-order valence-electron chi connectivity index (χ4n) is 1.07. The van der Waals surface area contributed by atoms with Crippen molar-refractivity contribution < 1.29 is 48.0 Å². The lowest BCUT2D eigenvalue weighted by atomic mass is 10.2. The highest BCUT2D eigenvalue weighted by Gasteiger charge is 2.20. The first-order valence-electron chi connectivity index (χ1n) is 9.13. The third-order valence-electron chi connectivity index (χ3n) is 2.34. The van der Waals surface area contributed by atoms with Gasteiger partial charge in [0.15, 0.2) is 18.9 Å². The van der Waals surface area contributed by atoms with Gasteiger partial charge in [0.2, 0.25) is 0 Å². The van der Waals surface area contributed by atoms with Crippen molar-refractivity contribution in [3.63, 3.8) is 0 Å². The number of carbonyl (C=O) groups is 4. The number of carbonyl (C=O) groups excluding carboxylic acids is 4. The lowest BCUT2D eigenvalue weighted by Crippen LogP contribution is -2.36. The number of hydrogen-bond donors (Lipinski definition) is 1.